The quantitative estimate of drug-likeness (QED) is 0.740. The Balaban J connectivity index is 2.00. The van der Waals surface area contributed by atoms with Crippen molar-refractivity contribution in [3.8, 4) is 0 Å². The van der Waals surface area contributed by atoms with Crippen LogP contribution in [0.4, 0.5) is 5.00 Å². The molecule has 0 bridgehead atoms. The van der Waals surface area contributed by atoms with E-state index in [1.54, 1.807) is 25.3 Å². The molecule has 0 unspecified atom stereocenters. The molecule has 25 heavy (non-hydrogen) atoms. The Morgan fingerprint density at radius 3 is 2.52 bits per heavy atom. The number of ether oxygens (including phenoxy) is 2. The lowest BCUT2D eigenvalue weighted by Crippen LogP contribution is -2.21. The van der Waals surface area contributed by atoms with E-state index in [0.29, 0.717) is 15.4 Å². The first-order valence-corrected chi connectivity index (χ1v) is 9.46. The SMILES string of the molecule is CCOC(=O)c1cc(CC)sc1NC(=O)COC(=O)c1sccc1C. The van der Waals surface area contributed by atoms with Crippen LogP contribution < -0.4 is 5.32 Å². The van der Waals surface area contributed by atoms with Gasteiger partial charge in [0.05, 0.1) is 12.2 Å². The van der Waals surface area contributed by atoms with Gasteiger partial charge in [-0.15, -0.1) is 22.7 Å². The number of carbonyl (C=O) groups is 3. The predicted octanol–water partition coefficient (Wildman–Crippen LogP) is 3.65. The molecule has 0 aliphatic heterocycles. The highest BCUT2D eigenvalue weighted by atomic mass is 32.1. The van der Waals surface area contributed by atoms with Crippen LogP contribution in [-0.4, -0.2) is 31.1 Å². The average Bonchev–Trinajstić information content (AvgIpc) is 3.19. The summed E-state index contributed by atoms with van der Waals surface area (Å²) in [7, 11) is 0. The maximum atomic E-state index is 12.1. The molecular formula is C17H19NO5S2. The van der Waals surface area contributed by atoms with Gasteiger partial charge >= 0.3 is 11.9 Å². The minimum absolute atomic E-state index is 0.251. The van der Waals surface area contributed by atoms with Crippen molar-refractivity contribution in [2.45, 2.75) is 27.2 Å². The molecule has 2 rings (SSSR count). The zero-order chi connectivity index (χ0) is 18.4. The molecule has 2 aromatic rings. The molecule has 0 atom stereocenters. The number of aryl methyl sites for hydroxylation is 2. The normalized spacial score (nSPS) is 10.4. The minimum Gasteiger partial charge on any atom is -0.462 e. The first-order valence-electron chi connectivity index (χ1n) is 7.77. The van der Waals surface area contributed by atoms with E-state index in [9.17, 15) is 14.4 Å². The van der Waals surface area contributed by atoms with E-state index in [1.165, 1.54) is 22.7 Å². The van der Waals surface area contributed by atoms with Crippen LogP contribution in [0.25, 0.3) is 0 Å². The number of hydrogen-bond acceptors (Lipinski definition) is 7. The van der Waals surface area contributed by atoms with E-state index in [4.69, 9.17) is 9.47 Å². The topological polar surface area (TPSA) is 81.7 Å². The van der Waals surface area contributed by atoms with Crippen LogP contribution in [0.2, 0.25) is 0 Å². The highest BCUT2D eigenvalue weighted by Gasteiger charge is 2.20. The second-order valence-corrected chi connectivity index (χ2v) is 7.14. The fourth-order valence-electron chi connectivity index (χ4n) is 2.01. The third kappa shape index (κ3) is 4.90. The van der Waals surface area contributed by atoms with Gasteiger partial charge in [0.1, 0.15) is 9.88 Å². The minimum atomic E-state index is -0.534. The van der Waals surface area contributed by atoms with Gasteiger partial charge in [-0.3, -0.25) is 4.79 Å². The van der Waals surface area contributed by atoms with Gasteiger partial charge in [-0.25, -0.2) is 9.59 Å². The summed E-state index contributed by atoms with van der Waals surface area (Å²) in [5, 5.41) is 4.82. The van der Waals surface area contributed by atoms with Crippen molar-refractivity contribution in [3.05, 3.63) is 38.4 Å². The largest absolute Gasteiger partial charge is 0.462 e. The van der Waals surface area contributed by atoms with Crippen molar-refractivity contribution in [2.75, 3.05) is 18.5 Å². The van der Waals surface area contributed by atoms with E-state index in [0.717, 1.165) is 16.9 Å². The molecule has 0 spiro atoms. The molecule has 1 N–H and O–H groups in total. The van der Waals surface area contributed by atoms with Crippen molar-refractivity contribution in [1.29, 1.82) is 0 Å². The van der Waals surface area contributed by atoms with Crippen LogP contribution in [-0.2, 0) is 20.7 Å². The maximum absolute atomic E-state index is 12.1. The molecule has 0 fully saturated rings. The standard InChI is InChI=1S/C17H19NO5S2/c1-4-11-8-12(16(20)22-5-2)15(25-11)18-13(19)9-23-17(21)14-10(3)6-7-24-14/h6-8H,4-5,9H2,1-3H3,(H,18,19). The fourth-order valence-corrected chi connectivity index (χ4v) is 3.83. The van der Waals surface area contributed by atoms with Gasteiger partial charge in [-0.1, -0.05) is 6.92 Å². The van der Waals surface area contributed by atoms with Crippen molar-refractivity contribution >= 4 is 45.5 Å². The highest BCUT2D eigenvalue weighted by molar-refractivity contribution is 7.16. The number of nitrogens with one attached hydrogen (secondary N) is 1. The third-order valence-electron chi connectivity index (χ3n) is 3.26. The molecule has 0 aliphatic carbocycles. The number of amides is 1. The molecule has 1 amide bonds. The predicted molar refractivity (Wildman–Crippen MR) is 97.6 cm³/mol. The first kappa shape index (κ1) is 19.1. The Morgan fingerprint density at radius 2 is 1.92 bits per heavy atom. The van der Waals surface area contributed by atoms with Crippen molar-refractivity contribution in [2.24, 2.45) is 0 Å². The average molecular weight is 381 g/mol. The van der Waals surface area contributed by atoms with Gasteiger partial charge in [0.15, 0.2) is 6.61 Å². The van der Waals surface area contributed by atoms with Gasteiger partial charge in [-0.2, -0.15) is 0 Å². The second kappa shape index (κ2) is 8.77. The van der Waals surface area contributed by atoms with Crippen LogP contribution in [0.5, 0.6) is 0 Å². The molecule has 134 valence electrons. The van der Waals surface area contributed by atoms with Crippen LogP contribution in [0.1, 0.15) is 44.3 Å². The van der Waals surface area contributed by atoms with Crippen molar-refractivity contribution in [3.63, 3.8) is 0 Å². The summed E-state index contributed by atoms with van der Waals surface area (Å²) in [6.45, 7) is 5.31. The van der Waals surface area contributed by atoms with Crippen LogP contribution in [0.3, 0.4) is 0 Å². The molecule has 0 saturated carbocycles. The Morgan fingerprint density at radius 1 is 1.16 bits per heavy atom. The molecule has 2 heterocycles. The Hall–Kier alpha value is -2.19. The first-order chi connectivity index (χ1) is 12.0. The van der Waals surface area contributed by atoms with Gasteiger partial charge in [0, 0.05) is 4.88 Å². The zero-order valence-electron chi connectivity index (χ0n) is 14.2. The molecular weight excluding hydrogens is 362 g/mol. The molecule has 2 aromatic heterocycles. The summed E-state index contributed by atoms with van der Waals surface area (Å²) in [6.07, 6.45) is 0.736. The fraction of sp³-hybridized carbons (Fsp3) is 0.353. The third-order valence-corrected chi connectivity index (χ3v) is 5.45. The number of thiophene rings is 2. The zero-order valence-corrected chi connectivity index (χ0v) is 15.8. The van der Waals surface area contributed by atoms with Gasteiger partial charge < -0.3 is 14.8 Å². The van der Waals surface area contributed by atoms with Crippen molar-refractivity contribution < 1.29 is 23.9 Å². The second-order valence-electron chi connectivity index (χ2n) is 5.09. The Kier molecular flexibility index (Phi) is 6.72. The number of anilines is 1. The number of hydrogen-bond donors (Lipinski definition) is 1. The summed E-state index contributed by atoms with van der Waals surface area (Å²) >= 11 is 2.57. The summed E-state index contributed by atoms with van der Waals surface area (Å²) in [6, 6.07) is 3.52. The lowest BCUT2D eigenvalue weighted by Gasteiger charge is -2.07. The molecule has 0 saturated heterocycles. The Bertz CT molecular complexity index is 778. The number of rotatable bonds is 7. The van der Waals surface area contributed by atoms with Crippen LogP contribution >= 0.6 is 22.7 Å². The molecule has 6 nitrogen and oxygen atoms in total. The van der Waals surface area contributed by atoms with Crippen molar-refractivity contribution in [1.82, 2.24) is 0 Å². The van der Waals surface area contributed by atoms with E-state index < -0.39 is 24.5 Å². The van der Waals surface area contributed by atoms with E-state index in [1.807, 2.05) is 13.0 Å². The van der Waals surface area contributed by atoms with Gasteiger partial charge in [0.2, 0.25) is 0 Å². The molecule has 0 aromatic carbocycles. The number of esters is 2. The number of carbonyl (C=O) groups excluding carboxylic acids is 3. The van der Waals surface area contributed by atoms with Crippen LogP contribution in [0, 0.1) is 6.92 Å². The molecule has 8 heteroatoms. The lowest BCUT2D eigenvalue weighted by atomic mass is 10.2. The highest BCUT2D eigenvalue weighted by Crippen LogP contribution is 2.29. The van der Waals surface area contributed by atoms with E-state index in [-0.39, 0.29) is 6.61 Å². The molecule has 0 aliphatic rings. The van der Waals surface area contributed by atoms with Gasteiger partial charge in [-0.05, 0) is 43.3 Å². The van der Waals surface area contributed by atoms with Gasteiger partial charge in [0.25, 0.3) is 5.91 Å². The molecule has 0 radical (unpaired) electrons. The monoisotopic (exact) mass is 381 g/mol. The summed E-state index contributed by atoms with van der Waals surface area (Å²) in [5.74, 6) is -1.52. The Labute approximate surface area is 153 Å². The van der Waals surface area contributed by atoms with E-state index >= 15 is 0 Å². The summed E-state index contributed by atoms with van der Waals surface area (Å²) in [5.41, 5.74) is 1.13. The lowest BCUT2D eigenvalue weighted by molar-refractivity contribution is -0.119. The van der Waals surface area contributed by atoms with Crippen LogP contribution in [0.15, 0.2) is 17.5 Å². The summed E-state index contributed by atoms with van der Waals surface area (Å²) < 4.78 is 10.0. The summed E-state index contributed by atoms with van der Waals surface area (Å²) in [4.78, 5) is 37.4. The smallest absolute Gasteiger partial charge is 0.349 e. The van der Waals surface area contributed by atoms with E-state index in [2.05, 4.69) is 5.32 Å². The maximum Gasteiger partial charge on any atom is 0.349 e.